The molecule has 0 saturated carbocycles. The van der Waals surface area contributed by atoms with Gasteiger partial charge in [0.15, 0.2) is 5.11 Å². The Hall–Kier alpha value is -2.78. The second-order valence-electron chi connectivity index (χ2n) is 6.56. The standard InChI is InChI=1S/C21H23BrN4O3S/c1-3-4-5-18(27)23-16-10-8-14(9-11-16)20(29)25-26-21(30)24-19(28)15-7-6-13(2)17(22)12-15/h6-12H,3-5H2,1-2H3,(H,23,27)(H,25,29)(H2,24,26,28,30). The Balaban J connectivity index is 1.83. The van der Waals surface area contributed by atoms with E-state index in [9.17, 15) is 14.4 Å². The number of unbranched alkanes of at least 4 members (excludes halogenated alkanes) is 1. The van der Waals surface area contributed by atoms with Crippen molar-refractivity contribution in [1.82, 2.24) is 16.2 Å². The van der Waals surface area contributed by atoms with Crippen LogP contribution in [0.15, 0.2) is 46.9 Å². The maximum Gasteiger partial charge on any atom is 0.269 e. The molecule has 0 saturated heterocycles. The topological polar surface area (TPSA) is 99.3 Å². The maximum atomic E-state index is 12.2. The number of carbonyl (C=O) groups excluding carboxylic acids is 3. The Morgan fingerprint density at radius 3 is 2.27 bits per heavy atom. The minimum atomic E-state index is -0.437. The number of hydrogen-bond donors (Lipinski definition) is 4. The number of nitrogens with one attached hydrogen (secondary N) is 4. The quantitative estimate of drug-likeness (QED) is 0.364. The number of thiocarbonyl (C=S) groups is 1. The number of carbonyl (C=O) groups is 3. The van der Waals surface area contributed by atoms with Gasteiger partial charge in [-0.25, -0.2) is 0 Å². The molecule has 2 aromatic carbocycles. The fourth-order valence-corrected chi connectivity index (χ4v) is 2.91. The third-order valence-corrected chi connectivity index (χ3v) is 5.20. The lowest BCUT2D eigenvalue weighted by Gasteiger charge is -2.11. The van der Waals surface area contributed by atoms with E-state index in [1.807, 2.05) is 19.9 Å². The van der Waals surface area contributed by atoms with Gasteiger partial charge in [0.25, 0.3) is 11.8 Å². The van der Waals surface area contributed by atoms with Gasteiger partial charge in [0.1, 0.15) is 0 Å². The molecule has 0 aliphatic carbocycles. The highest BCUT2D eigenvalue weighted by Gasteiger charge is 2.11. The monoisotopic (exact) mass is 490 g/mol. The molecule has 2 rings (SSSR count). The van der Waals surface area contributed by atoms with Crippen molar-refractivity contribution in [2.45, 2.75) is 33.1 Å². The van der Waals surface area contributed by atoms with Crippen molar-refractivity contribution >= 4 is 56.7 Å². The van der Waals surface area contributed by atoms with Crippen LogP contribution in [-0.2, 0) is 4.79 Å². The number of benzene rings is 2. The Kier molecular flexibility index (Phi) is 8.94. The lowest BCUT2D eigenvalue weighted by Crippen LogP contribution is -2.48. The Morgan fingerprint density at radius 2 is 1.63 bits per heavy atom. The molecule has 0 bridgehead atoms. The fourth-order valence-electron chi connectivity index (χ4n) is 2.39. The number of hydrazine groups is 1. The zero-order valence-electron chi connectivity index (χ0n) is 16.7. The lowest BCUT2D eigenvalue weighted by molar-refractivity contribution is -0.116. The van der Waals surface area contributed by atoms with Crippen LogP contribution >= 0.6 is 28.1 Å². The molecule has 0 atom stereocenters. The van der Waals surface area contributed by atoms with Crippen LogP contribution < -0.4 is 21.5 Å². The summed E-state index contributed by atoms with van der Waals surface area (Å²) in [4.78, 5) is 36.2. The molecule has 0 aromatic heterocycles. The molecule has 0 spiro atoms. The summed E-state index contributed by atoms with van der Waals surface area (Å²) in [7, 11) is 0. The molecule has 158 valence electrons. The number of hydrogen-bond acceptors (Lipinski definition) is 4. The molecule has 0 aliphatic rings. The zero-order chi connectivity index (χ0) is 22.1. The van der Waals surface area contributed by atoms with Crippen LogP contribution in [0.25, 0.3) is 0 Å². The van der Waals surface area contributed by atoms with Crippen LogP contribution in [0.3, 0.4) is 0 Å². The van der Waals surface area contributed by atoms with E-state index in [2.05, 4.69) is 37.4 Å². The molecule has 0 fully saturated rings. The molecular formula is C21H23BrN4O3S. The largest absolute Gasteiger partial charge is 0.326 e. The molecule has 0 heterocycles. The molecule has 0 aliphatic heterocycles. The highest BCUT2D eigenvalue weighted by molar-refractivity contribution is 9.10. The molecule has 0 radical (unpaired) electrons. The fraction of sp³-hybridized carbons (Fsp3) is 0.238. The maximum absolute atomic E-state index is 12.2. The van der Waals surface area contributed by atoms with Gasteiger partial charge < -0.3 is 5.32 Å². The van der Waals surface area contributed by atoms with E-state index in [0.717, 1.165) is 22.9 Å². The molecule has 3 amide bonds. The molecule has 4 N–H and O–H groups in total. The Labute approximate surface area is 189 Å². The number of rotatable bonds is 6. The van der Waals surface area contributed by atoms with Crippen molar-refractivity contribution in [2.75, 3.05) is 5.32 Å². The summed E-state index contributed by atoms with van der Waals surface area (Å²) in [5, 5.41) is 5.24. The van der Waals surface area contributed by atoms with Gasteiger partial charge in [0.05, 0.1) is 0 Å². The van der Waals surface area contributed by atoms with Crippen molar-refractivity contribution in [1.29, 1.82) is 0 Å². The van der Waals surface area contributed by atoms with E-state index >= 15 is 0 Å². The smallest absolute Gasteiger partial charge is 0.269 e. The molecule has 9 heteroatoms. The normalized spacial score (nSPS) is 10.1. The number of amides is 3. The van der Waals surface area contributed by atoms with E-state index in [4.69, 9.17) is 12.2 Å². The molecule has 0 unspecified atom stereocenters. The van der Waals surface area contributed by atoms with Gasteiger partial charge >= 0.3 is 0 Å². The molecule has 30 heavy (non-hydrogen) atoms. The zero-order valence-corrected chi connectivity index (χ0v) is 19.1. The number of halogens is 1. The van der Waals surface area contributed by atoms with Gasteiger partial charge in [-0.1, -0.05) is 35.3 Å². The minimum Gasteiger partial charge on any atom is -0.326 e. The summed E-state index contributed by atoms with van der Waals surface area (Å²) in [5.41, 5.74) is 7.34. The van der Waals surface area contributed by atoms with Crippen LogP contribution in [0.2, 0.25) is 0 Å². The third-order valence-electron chi connectivity index (χ3n) is 4.14. The predicted molar refractivity (Wildman–Crippen MR) is 124 cm³/mol. The van der Waals surface area contributed by atoms with Crippen LogP contribution in [0.4, 0.5) is 5.69 Å². The number of anilines is 1. The van der Waals surface area contributed by atoms with Crippen molar-refractivity contribution in [2.24, 2.45) is 0 Å². The van der Waals surface area contributed by atoms with Crippen molar-refractivity contribution in [3.63, 3.8) is 0 Å². The Morgan fingerprint density at radius 1 is 0.967 bits per heavy atom. The summed E-state index contributed by atoms with van der Waals surface area (Å²) in [6.07, 6.45) is 2.24. The van der Waals surface area contributed by atoms with E-state index in [1.165, 1.54) is 0 Å². The van der Waals surface area contributed by atoms with Crippen LogP contribution in [0.5, 0.6) is 0 Å². The van der Waals surface area contributed by atoms with Gasteiger partial charge in [-0.05, 0) is 67.5 Å². The van der Waals surface area contributed by atoms with E-state index < -0.39 is 11.8 Å². The first kappa shape index (κ1) is 23.5. The average molecular weight is 491 g/mol. The first-order valence-corrected chi connectivity index (χ1v) is 10.6. The highest BCUT2D eigenvalue weighted by Crippen LogP contribution is 2.17. The van der Waals surface area contributed by atoms with E-state index in [-0.39, 0.29) is 11.0 Å². The van der Waals surface area contributed by atoms with Crippen LogP contribution in [0, 0.1) is 6.92 Å². The SMILES string of the molecule is CCCCC(=O)Nc1ccc(C(=O)NNC(=S)NC(=O)c2ccc(C)c(Br)c2)cc1. The summed E-state index contributed by atoms with van der Waals surface area (Å²) in [6, 6.07) is 11.6. The Bertz CT molecular complexity index is 948. The van der Waals surface area contributed by atoms with Gasteiger partial charge in [0.2, 0.25) is 5.91 Å². The van der Waals surface area contributed by atoms with Crippen LogP contribution in [0.1, 0.15) is 52.5 Å². The highest BCUT2D eigenvalue weighted by atomic mass is 79.9. The second-order valence-corrected chi connectivity index (χ2v) is 7.82. The van der Waals surface area contributed by atoms with E-state index in [0.29, 0.717) is 23.2 Å². The average Bonchev–Trinajstić information content (AvgIpc) is 2.73. The van der Waals surface area contributed by atoms with Gasteiger partial charge in [0, 0.05) is 27.7 Å². The second kappa shape index (κ2) is 11.4. The van der Waals surface area contributed by atoms with Gasteiger partial charge in [-0.3, -0.25) is 30.6 Å². The summed E-state index contributed by atoms with van der Waals surface area (Å²) in [6.45, 7) is 3.94. The predicted octanol–water partition coefficient (Wildman–Crippen LogP) is 3.84. The summed E-state index contributed by atoms with van der Waals surface area (Å²) in [5.74, 6) is -0.892. The van der Waals surface area contributed by atoms with Crippen molar-refractivity contribution in [3.8, 4) is 0 Å². The summed E-state index contributed by atoms with van der Waals surface area (Å²) < 4.78 is 0.812. The van der Waals surface area contributed by atoms with Gasteiger partial charge in [-0.15, -0.1) is 0 Å². The summed E-state index contributed by atoms with van der Waals surface area (Å²) >= 11 is 8.42. The molecule has 2 aromatic rings. The van der Waals surface area contributed by atoms with Crippen LogP contribution in [-0.4, -0.2) is 22.8 Å². The molecular weight excluding hydrogens is 468 g/mol. The van der Waals surface area contributed by atoms with E-state index in [1.54, 1.807) is 36.4 Å². The van der Waals surface area contributed by atoms with Gasteiger partial charge in [-0.2, -0.15) is 0 Å². The number of aryl methyl sites for hydroxylation is 1. The first-order chi connectivity index (χ1) is 14.3. The van der Waals surface area contributed by atoms with Crippen molar-refractivity contribution < 1.29 is 14.4 Å². The minimum absolute atomic E-state index is 0.0372. The first-order valence-electron chi connectivity index (χ1n) is 9.38. The lowest BCUT2D eigenvalue weighted by atomic mass is 10.1. The van der Waals surface area contributed by atoms with Crippen molar-refractivity contribution in [3.05, 3.63) is 63.6 Å². The third kappa shape index (κ3) is 7.23. The molecule has 7 nitrogen and oxygen atoms in total.